The SMILES string of the molecule is CCN1CCC[C@H]1CNCc1ccc(OCc2ccc(Cl)c(Cl)c2)cc1. The van der Waals surface area contributed by atoms with Gasteiger partial charge in [-0.15, -0.1) is 0 Å². The van der Waals surface area contributed by atoms with Gasteiger partial charge in [0.25, 0.3) is 0 Å². The van der Waals surface area contributed by atoms with Gasteiger partial charge in [-0.05, 0) is 61.3 Å². The minimum atomic E-state index is 0.475. The molecule has 140 valence electrons. The molecule has 1 N–H and O–H groups in total. The van der Waals surface area contributed by atoms with Crippen LogP contribution in [-0.4, -0.2) is 30.6 Å². The summed E-state index contributed by atoms with van der Waals surface area (Å²) in [6, 6.07) is 14.5. The van der Waals surface area contributed by atoms with Gasteiger partial charge in [0.05, 0.1) is 10.0 Å². The van der Waals surface area contributed by atoms with E-state index < -0.39 is 0 Å². The molecule has 1 heterocycles. The number of benzene rings is 2. The van der Waals surface area contributed by atoms with E-state index >= 15 is 0 Å². The summed E-state index contributed by atoms with van der Waals surface area (Å²) in [5.41, 5.74) is 2.27. The zero-order valence-corrected chi connectivity index (χ0v) is 16.7. The highest BCUT2D eigenvalue weighted by molar-refractivity contribution is 6.42. The number of nitrogens with zero attached hydrogens (tertiary/aromatic N) is 1. The maximum Gasteiger partial charge on any atom is 0.119 e. The first-order chi connectivity index (χ1) is 12.7. The molecule has 0 saturated carbocycles. The van der Waals surface area contributed by atoms with Crippen molar-refractivity contribution in [1.29, 1.82) is 0 Å². The van der Waals surface area contributed by atoms with Crippen LogP contribution < -0.4 is 10.1 Å². The molecule has 26 heavy (non-hydrogen) atoms. The third-order valence-corrected chi connectivity index (χ3v) is 5.67. The van der Waals surface area contributed by atoms with Gasteiger partial charge in [-0.3, -0.25) is 4.90 Å². The number of halogens is 2. The second kappa shape index (κ2) is 9.61. The third kappa shape index (κ3) is 5.37. The van der Waals surface area contributed by atoms with Crippen LogP contribution >= 0.6 is 23.2 Å². The molecule has 1 saturated heterocycles. The highest BCUT2D eigenvalue weighted by Gasteiger charge is 2.21. The number of likely N-dealkylation sites (tertiary alicyclic amines) is 1. The van der Waals surface area contributed by atoms with Crippen molar-refractivity contribution in [2.24, 2.45) is 0 Å². The molecule has 0 aromatic heterocycles. The van der Waals surface area contributed by atoms with Crippen LogP contribution in [0.1, 0.15) is 30.9 Å². The van der Waals surface area contributed by atoms with Crippen molar-refractivity contribution in [2.45, 2.75) is 39.0 Å². The van der Waals surface area contributed by atoms with Gasteiger partial charge in [0, 0.05) is 19.1 Å². The molecule has 0 amide bonds. The van der Waals surface area contributed by atoms with Crippen LogP contribution in [0.25, 0.3) is 0 Å². The Morgan fingerprint density at radius 3 is 2.58 bits per heavy atom. The van der Waals surface area contributed by atoms with Crippen molar-refractivity contribution in [3.63, 3.8) is 0 Å². The first-order valence-electron chi connectivity index (χ1n) is 9.26. The van der Waals surface area contributed by atoms with Gasteiger partial charge >= 0.3 is 0 Å². The summed E-state index contributed by atoms with van der Waals surface area (Å²) in [5.74, 6) is 0.854. The number of nitrogens with one attached hydrogen (secondary N) is 1. The zero-order chi connectivity index (χ0) is 18.4. The predicted octanol–water partition coefficient (Wildman–Crippen LogP) is 5.15. The molecule has 0 radical (unpaired) electrons. The minimum Gasteiger partial charge on any atom is -0.489 e. The average Bonchev–Trinajstić information content (AvgIpc) is 3.11. The first kappa shape index (κ1) is 19.5. The fourth-order valence-corrected chi connectivity index (χ4v) is 3.75. The molecular weight excluding hydrogens is 367 g/mol. The van der Waals surface area contributed by atoms with Crippen LogP contribution in [0.15, 0.2) is 42.5 Å². The Bertz CT molecular complexity index is 706. The quantitative estimate of drug-likeness (QED) is 0.672. The van der Waals surface area contributed by atoms with Crippen molar-refractivity contribution in [1.82, 2.24) is 10.2 Å². The monoisotopic (exact) mass is 392 g/mol. The standard InChI is InChI=1S/C21H26Cl2N2O/c1-2-25-11-3-4-18(25)14-24-13-16-5-8-19(9-6-16)26-15-17-7-10-20(22)21(23)12-17/h5-10,12,18,24H,2-4,11,13-15H2,1H3/t18-/m0/s1. The van der Waals surface area contributed by atoms with Crippen LogP contribution in [0.3, 0.4) is 0 Å². The van der Waals surface area contributed by atoms with Gasteiger partial charge in [-0.2, -0.15) is 0 Å². The van der Waals surface area contributed by atoms with Crippen LogP contribution in [0.4, 0.5) is 0 Å². The molecule has 1 aliphatic heterocycles. The summed E-state index contributed by atoms with van der Waals surface area (Å²) in [6.07, 6.45) is 2.63. The lowest BCUT2D eigenvalue weighted by Crippen LogP contribution is -2.37. The van der Waals surface area contributed by atoms with Crippen molar-refractivity contribution in [3.05, 3.63) is 63.6 Å². The second-order valence-electron chi connectivity index (χ2n) is 6.74. The number of hydrogen-bond donors (Lipinski definition) is 1. The lowest BCUT2D eigenvalue weighted by Gasteiger charge is -2.23. The average molecular weight is 393 g/mol. The van der Waals surface area contributed by atoms with Gasteiger partial charge in [0.2, 0.25) is 0 Å². The fraction of sp³-hybridized carbons (Fsp3) is 0.429. The molecular formula is C21H26Cl2N2O. The lowest BCUT2D eigenvalue weighted by molar-refractivity contribution is 0.260. The Balaban J connectivity index is 1.43. The molecule has 2 aromatic rings. The van der Waals surface area contributed by atoms with E-state index in [1.807, 2.05) is 24.3 Å². The Hall–Kier alpha value is -1.26. The van der Waals surface area contributed by atoms with Crippen molar-refractivity contribution in [2.75, 3.05) is 19.6 Å². The number of likely N-dealkylation sites (N-methyl/N-ethyl adjacent to an activating group) is 1. The maximum absolute atomic E-state index is 6.03. The van der Waals surface area contributed by atoms with E-state index in [9.17, 15) is 0 Å². The molecule has 1 aliphatic rings. The van der Waals surface area contributed by atoms with Gasteiger partial charge in [0.1, 0.15) is 12.4 Å². The summed E-state index contributed by atoms with van der Waals surface area (Å²) < 4.78 is 5.83. The van der Waals surface area contributed by atoms with Gasteiger partial charge < -0.3 is 10.1 Å². The van der Waals surface area contributed by atoms with Crippen LogP contribution in [0.5, 0.6) is 5.75 Å². The van der Waals surface area contributed by atoms with E-state index in [0.717, 1.165) is 30.9 Å². The van der Waals surface area contributed by atoms with E-state index in [-0.39, 0.29) is 0 Å². The van der Waals surface area contributed by atoms with Crippen LogP contribution in [0.2, 0.25) is 10.0 Å². The normalized spacial score (nSPS) is 17.6. The van der Waals surface area contributed by atoms with Gasteiger partial charge in [0.15, 0.2) is 0 Å². The highest BCUT2D eigenvalue weighted by atomic mass is 35.5. The molecule has 1 fully saturated rings. The largest absolute Gasteiger partial charge is 0.489 e. The smallest absolute Gasteiger partial charge is 0.119 e. The van der Waals surface area contributed by atoms with Crippen molar-refractivity contribution >= 4 is 23.2 Å². The van der Waals surface area contributed by atoms with Crippen molar-refractivity contribution in [3.8, 4) is 5.75 Å². The van der Waals surface area contributed by atoms with E-state index in [1.54, 1.807) is 6.07 Å². The topological polar surface area (TPSA) is 24.5 Å². The van der Waals surface area contributed by atoms with Crippen molar-refractivity contribution < 1.29 is 4.74 Å². The molecule has 5 heteroatoms. The Morgan fingerprint density at radius 2 is 1.85 bits per heavy atom. The molecule has 3 rings (SSSR count). The lowest BCUT2D eigenvalue weighted by atomic mass is 10.2. The Morgan fingerprint density at radius 1 is 1.08 bits per heavy atom. The van der Waals surface area contributed by atoms with Crippen LogP contribution in [0, 0.1) is 0 Å². The number of ether oxygens (including phenoxy) is 1. The molecule has 0 unspecified atom stereocenters. The third-order valence-electron chi connectivity index (χ3n) is 4.93. The molecule has 1 atom stereocenters. The van der Waals surface area contributed by atoms with Gasteiger partial charge in [-0.25, -0.2) is 0 Å². The van der Waals surface area contributed by atoms with E-state index in [4.69, 9.17) is 27.9 Å². The van der Waals surface area contributed by atoms with Gasteiger partial charge in [-0.1, -0.05) is 48.3 Å². The maximum atomic E-state index is 6.03. The molecule has 0 bridgehead atoms. The minimum absolute atomic E-state index is 0.475. The molecule has 0 aliphatic carbocycles. The fourth-order valence-electron chi connectivity index (χ4n) is 3.43. The Labute approximate surface area is 166 Å². The second-order valence-corrected chi connectivity index (χ2v) is 7.55. The van der Waals surface area contributed by atoms with E-state index in [2.05, 4.69) is 29.3 Å². The Kier molecular flexibility index (Phi) is 7.21. The summed E-state index contributed by atoms with van der Waals surface area (Å²) in [4.78, 5) is 2.56. The first-order valence-corrected chi connectivity index (χ1v) is 10.0. The van der Waals surface area contributed by atoms with E-state index in [0.29, 0.717) is 22.7 Å². The summed E-state index contributed by atoms with van der Waals surface area (Å²) in [6.45, 7) is 7.06. The summed E-state index contributed by atoms with van der Waals surface area (Å²) in [7, 11) is 0. The predicted molar refractivity (Wildman–Crippen MR) is 109 cm³/mol. The summed E-state index contributed by atoms with van der Waals surface area (Å²) >= 11 is 12.0. The molecule has 0 spiro atoms. The molecule has 2 aromatic carbocycles. The highest BCUT2D eigenvalue weighted by Crippen LogP contribution is 2.23. The van der Waals surface area contributed by atoms with E-state index in [1.165, 1.54) is 24.9 Å². The van der Waals surface area contributed by atoms with Crippen LogP contribution in [-0.2, 0) is 13.2 Å². The zero-order valence-electron chi connectivity index (χ0n) is 15.2. The number of rotatable bonds is 8. The number of hydrogen-bond acceptors (Lipinski definition) is 3. The summed E-state index contributed by atoms with van der Waals surface area (Å²) in [5, 5.41) is 4.70. The molecule has 3 nitrogen and oxygen atoms in total.